The molecule has 3 nitrogen and oxygen atoms in total. The highest BCUT2D eigenvalue weighted by molar-refractivity contribution is 6.31. The third kappa shape index (κ3) is 2.55. The third-order valence-corrected chi connectivity index (χ3v) is 3.87. The molecule has 0 bridgehead atoms. The van der Waals surface area contributed by atoms with Gasteiger partial charge in [-0.3, -0.25) is 4.98 Å². The fourth-order valence-electron chi connectivity index (χ4n) is 2.58. The number of rotatable bonds is 4. The molecular formula is C16H16ClN3. The van der Waals surface area contributed by atoms with Gasteiger partial charge in [-0.15, -0.1) is 0 Å². The molecule has 1 atom stereocenters. The van der Waals surface area contributed by atoms with Crippen LogP contribution in [0.15, 0.2) is 48.9 Å². The van der Waals surface area contributed by atoms with E-state index in [0.29, 0.717) is 6.54 Å². The maximum absolute atomic E-state index is 6.10. The highest BCUT2D eigenvalue weighted by Crippen LogP contribution is 2.29. The lowest BCUT2D eigenvalue weighted by molar-refractivity contribution is 0.699. The lowest BCUT2D eigenvalue weighted by Gasteiger charge is -2.14. The molecule has 0 aliphatic rings. The van der Waals surface area contributed by atoms with Crippen LogP contribution in [0.4, 0.5) is 0 Å². The van der Waals surface area contributed by atoms with Gasteiger partial charge in [-0.2, -0.15) is 0 Å². The molecule has 4 heteroatoms. The molecule has 0 aliphatic heterocycles. The zero-order valence-corrected chi connectivity index (χ0v) is 11.8. The molecule has 3 rings (SSSR count). The molecule has 0 fully saturated rings. The molecule has 1 aromatic carbocycles. The van der Waals surface area contributed by atoms with E-state index in [1.165, 1.54) is 11.1 Å². The average Bonchev–Trinajstić information content (AvgIpc) is 2.89. The molecule has 0 radical (unpaired) electrons. The number of pyridine rings is 1. The number of nitrogens with two attached hydrogens (primary N) is 1. The second-order valence-electron chi connectivity index (χ2n) is 4.93. The minimum Gasteiger partial charge on any atom is -0.361 e. The molecule has 102 valence electrons. The zero-order valence-electron chi connectivity index (χ0n) is 11.0. The van der Waals surface area contributed by atoms with Gasteiger partial charge in [-0.1, -0.05) is 11.6 Å². The van der Waals surface area contributed by atoms with Gasteiger partial charge in [0.15, 0.2) is 0 Å². The maximum Gasteiger partial charge on any atom is 0.0457 e. The van der Waals surface area contributed by atoms with Gasteiger partial charge < -0.3 is 10.7 Å². The SMILES string of the molecule is NCC(Cc1ccncc1)c1c[nH]c2ccc(Cl)cc12. The van der Waals surface area contributed by atoms with E-state index in [1.54, 1.807) is 0 Å². The van der Waals surface area contributed by atoms with E-state index < -0.39 is 0 Å². The summed E-state index contributed by atoms with van der Waals surface area (Å²) < 4.78 is 0. The first-order valence-electron chi connectivity index (χ1n) is 6.63. The van der Waals surface area contributed by atoms with E-state index in [-0.39, 0.29) is 5.92 Å². The van der Waals surface area contributed by atoms with E-state index in [4.69, 9.17) is 17.3 Å². The van der Waals surface area contributed by atoms with Crippen molar-refractivity contribution < 1.29 is 0 Å². The summed E-state index contributed by atoms with van der Waals surface area (Å²) in [4.78, 5) is 7.34. The van der Waals surface area contributed by atoms with E-state index in [0.717, 1.165) is 22.3 Å². The van der Waals surface area contributed by atoms with Crippen LogP contribution in [0.5, 0.6) is 0 Å². The van der Waals surface area contributed by atoms with Crippen molar-refractivity contribution in [2.75, 3.05) is 6.54 Å². The van der Waals surface area contributed by atoms with E-state index in [2.05, 4.69) is 9.97 Å². The van der Waals surface area contributed by atoms with Gasteiger partial charge in [-0.05, 0) is 54.4 Å². The lowest BCUT2D eigenvalue weighted by atomic mass is 9.92. The smallest absolute Gasteiger partial charge is 0.0457 e. The van der Waals surface area contributed by atoms with Crippen molar-refractivity contribution in [3.63, 3.8) is 0 Å². The van der Waals surface area contributed by atoms with Crippen molar-refractivity contribution in [2.24, 2.45) is 5.73 Å². The molecule has 0 saturated carbocycles. The molecule has 0 saturated heterocycles. The second kappa shape index (κ2) is 5.65. The minimum atomic E-state index is 0.268. The summed E-state index contributed by atoms with van der Waals surface area (Å²) in [5.41, 5.74) is 9.54. The Morgan fingerprint density at radius 1 is 1.20 bits per heavy atom. The Morgan fingerprint density at radius 2 is 2.00 bits per heavy atom. The van der Waals surface area contributed by atoms with Gasteiger partial charge in [0.1, 0.15) is 0 Å². The van der Waals surface area contributed by atoms with Gasteiger partial charge in [0, 0.05) is 40.4 Å². The first-order chi connectivity index (χ1) is 9.78. The summed E-state index contributed by atoms with van der Waals surface area (Å²) in [6.45, 7) is 0.599. The number of aromatic nitrogens is 2. The maximum atomic E-state index is 6.10. The fraction of sp³-hybridized carbons (Fsp3) is 0.188. The molecule has 0 spiro atoms. The number of nitrogens with one attached hydrogen (secondary N) is 1. The predicted octanol–water partition coefficient (Wildman–Crippen LogP) is 3.50. The highest BCUT2D eigenvalue weighted by Gasteiger charge is 2.15. The van der Waals surface area contributed by atoms with Crippen LogP contribution >= 0.6 is 11.6 Å². The molecule has 3 N–H and O–H groups in total. The van der Waals surface area contributed by atoms with Crippen LogP contribution in [0.1, 0.15) is 17.0 Å². The number of hydrogen-bond donors (Lipinski definition) is 2. The summed E-state index contributed by atoms with van der Waals surface area (Å²) in [7, 11) is 0. The first kappa shape index (κ1) is 13.2. The monoisotopic (exact) mass is 285 g/mol. The van der Waals surface area contributed by atoms with Crippen LogP contribution in [0, 0.1) is 0 Å². The molecule has 0 aliphatic carbocycles. The molecule has 20 heavy (non-hydrogen) atoms. The predicted molar refractivity (Wildman–Crippen MR) is 83.0 cm³/mol. The van der Waals surface area contributed by atoms with Crippen molar-refractivity contribution in [1.29, 1.82) is 0 Å². The standard InChI is InChI=1S/C16H16ClN3/c17-13-1-2-16-14(8-13)15(10-20-16)12(9-18)7-11-3-5-19-6-4-11/h1-6,8,10,12,20H,7,9,18H2. The Kier molecular flexibility index (Phi) is 3.72. The van der Waals surface area contributed by atoms with Crippen molar-refractivity contribution in [3.8, 4) is 0 Å². The van der Waals surface area contributed by atoms with Crippen LogP contribution in [0.25, 0.3) is 10.9 Å². The number of aromatic amines is 1. The number of fused-ring (bicyclic) bond motifs is 1. The van der Waals surface area contributed by atoms with Crippen LogP contribution in [0.3, 0.4) is 0 Å². The van der Waals surface area contributed by atoms with Crippen molar-refractivity contribution in [2.45, 2.75) is 12.3 Å². The molecule has 1 unspecified atom stereocenters. The summed E-state index contributed by atoms with van der Waals surface area (Å²) in [6, 6.07) is 9.96. The molecule has 2 heterocycles. The molecule has 3 aromatic rings. The van der Waals surface area contributed by atoms with Crippen molar-refractivity contribution in [1.82, 2.24) is 9.97 Å². The largest absolute Gasteiger partial charge is 0.361 e. The summed E-state index contributed by atoms with van der Waals surface area (Å²) in [6.07, 6.45) is 6.57. The average molecular weight is 286 g/mol. The Labute approximate surface area is 122 Å². The van der Waals surface area contributed by atoms with E-state index in [1.807, 2.05) is 48.9 Å². The Balaban J connectivity index is 1.97. The number of halogens is 1. The summed E-state index contributed by atoms with van der Waals surface area (Å²) >= 11 is 6.10. The van der Waals surface area contributed by atoms with Crippen LogP contribution in [-0.2, 0) is 6.42 Å². The Hall–Kier alpha value is -1.84. The first-order valence-corrected chi connectivity index (χ1v) is 7.01. The van der Waals surface area contributed by atoms with Gasteiger partial charge in [-0.25, -0.2) is 0 Å². The van der Waals surface area contributed by atoms with Gasteiger partial charge in [0.05, 0.1) is 0 Å². The summed E-state index contributed by atoms with van der Waals surface area (Å²) in [5.74, 6) is 0.268. The van der Waals surface area contributed by atoms with Crippen molar-refractivity contribution >= 4 is 22.5 Å². The number of hydrogen-bond acceptors (Lipinski definition) is 2. The summed E-state index contributed by atoms with van der Waals surface area (Å²) in [5, 5.41) is 1.90. The number of benzene rings is 1. The fourth-order valence-corrected chi connectivity index (χ4v) is 2.75. The van der Waals surface area contributed by atoms with E-state index >= 15 is 0 Å². The number of nitrogens with zero attached hydrogens (tertiary/aromatic N) is 1. The minimum absolute atomic E-state index is 0.268. The lowest BCUT2D eigenvalue weighted by Crippen LogP contribution is -2.14. The molecule has 0 amide bonds. The van der Waals surface area contributed by atoms with Crippen LogP contribution in [0.2, 0.25) is 5.02 Å². The van der Waals surface area contributed by atoms with Gasteiger partial charge in [0.25, 0.3) is 0 Å². The zero-order chi connectivity index (χ0) is 13.9. The van der Waals surface area contributed by atoms with Crippen LogP contribution in [-0.4, -0.2) is 16.5 Å². The highest BCUT2D eigenvalue weighted by atomic mass is 35.5. The molecule has 2 aromatic heterocycles. The van der Waals surface area contributed by atoms with Gasteiger partial charge >= 0.3 is 0 Å². The molecular weight excluding hydrogens is 270 g/mol. The number of H-pyrrole nitrogens is 1. The third-order valence-electron chi connectivity index (χ3n) is 3.63. The van der Waals surface area contributed by atoms with E-state index in [9.17, 15) is 0 Å². The van der Waals surface area contributed by atoms with Gasteiger partial charge in [0.2, 0.25) is 0 Å². The Bertz CT molecular complexity index is 706. The Morgan fingerprint density at radius 3 is 2.75 bits per heavy atom. The topological polar surface area (TPSA) is 54.7 Å². The quantitative estimate of drug-likeness (QED) is 0.771. The second-order valence-corrected chi connectivity index (χ2v) is 5.36. The van der Waals surface area contributed by atoms with Crippen molar-refractivity contribution in [3.05, 3.63) is 65.1 Å². The van der Waals surface area contributed by atoms with Crippen LogP contribution < -0.4 is 5.73 Å². The normalized spacial score (nSPS) is 12.7.